The third-order valence-electron chi connectivity index (χ3n) is 1.98. The Labute approximate surface area is 77.0 Å². The highest BCUT2D eigenvalue weighted by Crippen LogP contribution is 2.20. The third kappa shape index (κ3) is 6.54. The van der Waals surface area contributed by atoms with Gasteiger partial charge in [0.1, 0.15) is 12.8 Å². The average Bonchev–Trinajstić information content (AvgIpc) is 2.05. The van der Waals surface area contributed by atoms with E-state index in [2.05, 4.69) is 26.0 Å². The Bertz CT molecular complexity index is 152. The Balaban J connectivity index is 3.67. The van der Waals surface area contributed by atoms with Gasteiger partial charge >= 0.3 is 7.80 Å². The van der Waals surface area contributed by atoms with Gasteiger partial charge in [-0.3, -0.25) is 0 Å². The number of rotatable bonds is 6. The Kier molecular flexibility index (Phi) is 7.39. The lowest BCUT2D eigenvalue weighted by atomic mass is 10.0. The summed E-state index contributed by atoms with van der Waals surface area (Å²) >= 11 is 0. The molecular formula is C10H20OP+. The summed E-state index contributed by atoms with van der Waals surface area (Å²) < 4.78 is 10.9. The van der Waals surface area contributed by atoms with E-state index in [-0.39, 0.29) is 0 Å². The molecule has 0 aliphatic carbocycles. The molecule has 0 radical (unpaired) electrons. The normalized spacial score (nSPS) is 15.1. The summed E-state index contributed by atoms with van der Waals surface area (Å²) in [7, 11) is -0.938. The van der Waals surface area contributed by atoms with Crippen LogP contribution in [-0.2, 0) is 4.57 Å². The van der Waals surface area contributed by atoms with Crippen LogP contribution in [0.4, 0.5) is 0 Å². The van der Waals surface area contributed by atoms with Gasteiger partial charge in [-0.05, 0) is 25.2 Å². The SMILES string of the molecule is CCC=CC(CC)CC[P+](C)=O. The van der Waals surface area contributed by atoms with Crippen molar-refractivity contribution >= 4 is 7.80 Å². The summed E-state index contributed by atoms with van der Waals surface area (Å²) in [4.78, 5) is 0. The highest BCUT2D eigenvalue weighted by molar-refractivity contribution is 7.43. The molecule has 1 nitrogen and oxygen atoms in total. The van der Waals surface area contributed by atoms with Crippen molar-refractivity contribution in [3.63, 3.8) is 0 Å². The lowest BCUT2D eigenvalue weighted by molar-refractivity contribution is 0.573. The van der Waals surface area contributed by atoms with E-state index >= 15 is 0 Å². The Morgan fingerprint density at radius 1 is 1.42 bits per heavy atom. The number of hydrogen-bond acceptors (Lipinski definition) is 1. The minimum atomic E-state index is -0.938. The molecule has 0 amide bonds. The molecule has 0 N–H and O–H groups in total. The average molecular weight is 187 g/mol. The molecule has 2 unspecified atom stereocenters. The largest absolute Gasteiger partial charge is 0.335 e. The van der Waals surface area contributed by atoms with Crippen LogP contribution in [0.2, 0.25) is 0 Å². The quantitative estimate of drug-likeness (QED) is 0.456. The second-order valence-corrected chi connectivity index (χ2v) is 4.85. The summed E-state index contributed by atoms with van der Waals surface area (Å²) in [5, 5.41) is 0. The van der Waals surface area contributed by atoms with E-state index in [0.29, 0.717) is 5.92 Å². The van der Waals surface area contributed by atoms with Gasteiger partial charge in [0, 0.05) is 0 Å². The lowest BCUT2D eigenvalue weighted by Gasteiger charge is -2.04. The van der Waals surface area contributed by atoms with E-state index in [4.69, 9.17) is 0 Å². The highest BCUT2D eigenvalue weighted by Gasteiger charge is 2.09. The first-order chi connectivity index (χ1) is 5.70. The first kappa shape index (κ1) is 11.8. The molecule has 0 rings (SSSR count). The maximum Gasteiger partial charge on any atom is 0.335 e. The van der Waals surface area contributed by atoms with Crippen LogP contribution in [-0.4, -0.2) is 12.8 Å². The first-order valence-corrected chi connectivity index (χ1v) is 6.64. The summed E-state index contributed by atoms with van der Waals surface area (Å²) in [5.74, 6) is 0.642. The topological polar surface area (TPSA) is 17.1 Å². The van der Waals surface area contributed by atoms with Gasteiger partial charge in [-0.2, -0.15) is 0 Å². The first-order valence-electron chi connectivity index (χ1n) is 4.75. The van der Waals surface area contributed by atoms with E-state index in [9.17, 15) is 4.57 Å². The van der Waals surface area contributed by atoms with Crippen molar-refractivity contribution in [3.05, 3.63) is 12.2 Å². The molecule has 0 saturated carbocycles. The zero-order chi connectivity index (χ0) is 9.40. The van der Waals surface area contributed by atoms with Crippen molar-refractivity contribution < 1.29 is 4.57 Å². The van der Waals surface area contributed by atoms with Crippen LogP contribution in [0.25, 0.3) is 0 Å². The molecule has 0 bridgehead atoms. The molecule has 2 atom stereocenters. The van der Waals surface area contributed by atoms with E-state index < -0.39 is 7.80 Å². The summed E-state index contributed by atoms with van der Waals surface area (Å²) in [6.45, 7) is 6.14. The fraction of sp³-hybridized carbons (Fsp3) is 0.800. The molecule has 70 valence electrons. The van der Waals surface area contributed by atoms with Crippen molar-refractivity contribution in [3.8, 4) is 0 Å². The van der Waals surface area contributed by atoms with Crippen molar-refractivity contribution in [2.75, 3.05) is 12.8 Å². The molecule has 0 heterocycles. The molecule has 0 saturated heterocycles. The number of allylic oxidation sites excluding steroid dienone is 2. The summed E-state index contributed by atoms with van der Waals surface area (Å²) in [6, 6.07) is 0. The van der Waals surface area contributed by atoms with Gasteiger partial charge in [0.15, 0.2) is 0 Å². The second-order valence-electron chi connectivity index (χ2n) is 3.14. The van der Waals surface area contributed by atoms with Crippen molar-refractivity contribution in [2.24, 2.45) is 5.92 Å². The second kappa shape index (κ2) is 7.49. The van der Waals surface area contributed by atoms with Crippen molar-refractivity contribution in [2.45, 2.75) is 33.1 Å². The molecule has 0 spiro atoms. The fourth-order valence-electron chi connectivity index (χ4n) is 1.11. The molecule has 0 aromatic heterocycles. The van der Waals surface area contributed by atoms with Gasteiger partial charge in [0.2, 0.25) is 0 Å². The van der Waals surface area contributed by atoms with Crippen LogP contribution >= 0.6 is 7.80 Å². The van der Waals surface area contributed by atoms with Crippen LogP contribution in [0.1, 0.15) is 33.1 Å². The summed E-state index contributed by atoms with van der Waals surface area (Å²) in [6.07, 6.45) is 8.70. The summed E-state index contributed by atoms with van der Waals surface area (Å²) in [5.41, 5.74) is 0. The number of hydrogen-bond donors (Lipinski definition) is 0. The zero-order valence-electron chi connectivity index (χ0n) is 8.42. The maximum absolute atomic E-state index is 10.9. The minimum Gasteiger partial charge on any atom is -0.0885 e. The lowest BCUT2D eigenvalue weighted by Crippen LogP contribution is -1.95. The standard InChI is InChI=1S/C10H20OP/c1-4-6-7-10(5-2)8-9-12(3)11/h6-7,10H,4-5,8-9H2,1-3H3/q+1. The fourth-order valence-corrected chi connectivity index (χ4v) is 1.81. The zero-order valence-corrected chi connectivity index (χ0v) is 9.31. The van der Waals surface area contributed by atoms with Gasteiger partial charge in [0.25, 0.3) is 0 Å². The Morgan fingerprint density at radius 2 is 2.08 bits per heavy atom. The Hall–Kier alpha value is -0.160. The maximum atomic E-state index is 10.9. The molecule has 12 heavy (non-hydrogen) atoms. The molecule has 0 aromatic carbocycles. The van der Waals surface area contributed by atoms with E-state index in [1.165, 1.54) is 6.42 Å². The van der Waals surface area contributed by atoms with Gasteiger partial charge in [-0.1, -0.05) is 30.6 Å². The van der Waals surface area contributed by atoms with Gasteiger partial charge in [0.05, 0.1) is 0 Å². The van der Waals surface area contributed by atoms with Crippen LogP contribution in [0.15, 0.2) is 12.2 Å². The Morgan fingerprint density at radius 3 is 2.50 bits per heavy atom. The molecule has 0 aromatic rings. The smallest absolute Gasteiger partial charge is 0.0885 e. The van der Waals surface area contributed by atoms with Crippen molar-refractivity contribution in [1.82, 2.24) is 0 Å². The predicted molar refractivity (Wildman–Crippen MR) is 56.2 cm³/mol. The van der Waals surface area contributed by atoms with Gasteiger partial charge < -0.3 is 0 Å². The molecular weight excluding hydrogens is 167 g/mol. The van der Waals surface area contributed by atoms with Gasteiger partial charge in [-0.15, -0.1) is 0 Å². The van der Waals surface area contributed by atoms with E-state index in [1.54, 1.807) is 0 Å². The molecule has 0 aliphatic rings. The molecule has 2 heteroatoms. The predicted octanol–water partition coefficient (Wildman–Crippen LogP) is 3.83. The van der Waals surface area contributed by atoms with Gasteiger partial charge in [-0.25, -0.2) is 0 Å². The highest BCUT2D eigenvalue weighted by atomic mass is 31.1. The van der Waals surface area contributed by atoms with E-state index in [0.717, 1.165) is 19.0 Å². The van der Waals surface area contributed by atoms with Crippen LogP contribution in [0, 0.1) is 5.92 Å². The monoisotopic (exact) mass is 187 g/mol. The van der Waals surface area contributed by atoms with Crippen LogP contribution in [0.3, 0.4) is 0 Å². The molecule has 0 fully saturated rings. The third-order valence-corrected chi connectivity index (χ3v) is 2.87. The minimum absolute atomic E-state index is 0.642. The molecule has 0 aliphatic heterocycles. The van der Waals surface area contributed by atoms with Crippen LogP contribution in [0.5, 0.6) is 0 Å². The van der Waals surface area contributed by atoms with Crippen molar-refractivity contribution in [1.29, 1.82) is 0 Å². The van der Waals surface area contributed by atoms with Crippen LogP contribution < -0.4 is 0 Å². The van der Waals surface area contributed by atoms with E-state index in [1.807, 2.05) is 6.66 Å².